The highest BCUT2D eigenvalue weighted by molar-refractivity contribution is 5.91. The van der Waals surface area contributed by atoms with Gasteiger partial charge in [-0.1, -0.05) is 12.1 Å². The zero-order valence-corrected chi connectivity index (χ0v) is 15.1. The lowest BCUT2D eigenvalue weighted by molar-refractivity contribution is -0.114. The average Bonchev–Trinajstić information content (AvgIpc) is 2.69. The smallest absolute Gasteiger partial charge is 0.321 e. The first-order chi connectivity index (χ1) is 13.1. The summed E-state index contributed by atoms with van der Waals surface area (Å²) in [6.07, 6.45) is 0. The van der Waals surface area contributed by atoms with E-state index >= 15 is 0 Å². The predicted octanol–water partition coefficient (Wildman–Crippen LogP) is 2.87. The molecule has 0 atom stereocenters. The van der Waals surface area contributed by atoms with Crippen molar-refractivity contribution < 1.29 is 9.59 Å². The number of anilines is 3. The Hall–Kier alpha value is -3.53. The SMILES string of the molecule is CC(=O)Nc1ccc(NC(=O)N2CCN(c3ccccc3C#N)CC2)cc1. The van der Waals surface area contributed by atoms with Crippen molar-refractivity contribution in [2.45, 2.75) is 6.92 Å². The molecule has 0 saturated carbocycles. The fraction of sp³-hybridized carbons (Fsp3) is 0.250. The fourth-order valence-electron chi connectivity index (χ4n) is 3.04. The zero-order chi connectivity index (χ0) is 19.2. The molecular weight excluding hydrogens is 342 g/mol. The Labute approximate surface area is 158 Å². The topological polar surface area (TPSA) is 88.5 Å². The van der Waals surface area contributed by atoms with Crippen LogP contribution in [0.15, 0.2) is 48.5 Å². The molecule has 2 aromatic carbocycles. The van der Waals surface area contributed by atoms with Crippen LogP contribution in [0.4, 0.5) is 21.9 Å². The summed E-state index contributed by atoms with van der Waals surface area (Å²) < 4.78 is 0. The summed E-state index contributed by atoms with van der Waals surface area (Å²) in [6, 6.07) is 16.6. The van der Waals surface area contributed by atoms with E-state index in [0.29, 0.717) is 43.1 Å². The summed E-state index contributed by atoms with van der Waals surface area (Å²) in [5.74, 6) is -0.136. The van der Waals surface area contributed by atoms with Gasteiger partial charge in [0.25, 0.3) is 0 Å². The van der Waals surface area contributed by atoms with Gasteiger partial charge in [-0.15, -0.1) is 0 Å². The Morgan fingerprint density at radius 1 is 0.926 bits per heavy atom. The Balaban J connectivity index is 1.55. The molecule has 0 aliphatic carbocycles. The minimum Gasteiger partial charge on any atom is -0.367 e. The highest BCUT2D eigenvalue weighted by Crippen LogP contribution is 2.21. The first-order valence-corrected chi connectivity index (χ1v) is 8.74. The third-order valence-corrected chi connectivity index (χ3v) is 4.39. The molecule has 1 aliphatic rings. The van der Waals surface area contributed by atoms with E-state index in [1.165, 1.54) is 6.92 Å². The van der Waals surface area contributed by atoms with Gasteiger partial charge in [-0.25, -0.2) is 4.79 Å². The van der Waals surface area contributed by atoms with Crippen molar-refractivity contribution in [3.05, 3.63) is 54.1 Å². The van der Waals surface area contributed by atoms with Gasteiger partial charge in [0, 0.05) is 44.5 Å². The second-order valence-corrected chi connectivity index (χ2v) is 6.29. The van der Waals surface area contributed by atoms with Gasteiger partial charge >= 0.3 is 6.03 Å². The molecule has 7 heteroatoms. The van der Waals surface area contributed by atoms with Crippen LogP contribution in [-0.2, 0) is 4.79 Å². The number of carbonyl (C=O) groups is 2. The number of benzene rings is 2. The second-order valence-electron chi connectivity index (χ2n) is 6.29. The monoisotopic (exact) mass is 363 g/mol. The molecule has 0 unspecified atom stereocenters. The number of hydrogen-bond acceptors (Lipinski definition) is 4. The van der Waals surface area contributed by atoms with Crippen molar-refractivity contribution in [3.8, 4) is 6.07 Å². The maximum Gasteiger partial charge on any atom is 0.321 e. The van der Waals surface area contributed by atoms with Gasteiger partial charge < -0.3 is 20.4 Å². The van der Waals surface area contributed by atoms with E-state index in [1.54, 1.807) is 35.2 Å². The molecule has 1 fully saturated rings. The lowest BCUT2D eigenvalue weighted by Gasteiger charge is -2.36. The van der Waals surface area contributed by atoms with Crippen LogP contribution in [0.2, 0.25) is 0 Å². The van der Waals surface area contributed by atoms with E-state index < -0.39 is 0 Å². The number of piperazine rings is 1. The number of rotatable bonds is 3. The highest BCUT2D eigenvalue weighted by Gasteiger charge is 2.22. The van der Waals surface area contributed by atoms with Crippen molar-refractivity contribution in [3.63, 3.8) is 0 Å². The first-order valence-electron chi connectivity index (χ1n) is 8.74. The van der Waals surface area contributed by atoms with E-state index in [2.05, 4.69) is 21.6 Å². The van der Waals surface area contributed by atoms with Crippen molar-refractivity contribution in [1.82, 2.24) is 4.90 Å². The van der Waals surface area contributed by atoms with Crippen LogP contribution in [0.25, 0.3) is 0 Å². The number of amides is 3. The van der Waals surface area contributed by atoms with Crippen LogP contribution in [-0.4, -0.2) is 43.0 Å². The highest BCUT2D eigenvalue weighted by atomic mass is 16.2. The summed E-state index contributed by atoms with van der Waals surface area (Å²) in [7, 11) is 0. The summed E-state index contributed by atoms with van der Waals surface area (Å²) in [5.41, 5.74) is 2.92. The number of carbonyl (C=O) groups excluding carboxylic acids is 2. The minimum atomic E-state index is -0.157. The molecule has 1 heterocycles. The molecule has 2 N–H and O–H groups in total. The standard InChI is InChI=1S/C20H21N5O2/c1-15(26)22-17-6-8-18(9-7-17)23-20(27)25-12-10-24(11-13-25)19-5-3-2-4-16(19)14-21/h2-9H,10-13H2,1H3,(H,22,26)(H,23,27). The third-order valence-electron chi connectivity index (χ3n) is 4.39. The average molecular weight is 363 g/mol. The van der Waals surface area contributed by atoms with Crippen LogP contribution in [0, 0.1) is 11.3 Å². The summed E-state index contributed by atoms with van der Waals surface area (Å²) in [5, 5.41) is 14.8. The number of urea groups is 1. The lowest BCUT2D eigenvalue weighted by atomic mass is 10.1. The van der Waals surface area contributed by atoms with E-state index in [4.69, 9.17) is 0 Å². The number of nitrogens with zero attached hydrogens (tertiary/aromatic N) is 3. The lowest BCUT2D eigenvalue weighted by Crippen LogP contribution is -2.50. The number of para-hydroxylation sites is 1. The van der Waals surface area contributed by atoms with Gasteiger partial charge in [0.15, 0.2) is 0 Å². The largest absolute Gasteiger partial charge is 0.367 e. The molecule has 7 nitrogen and oxygen atoms in total. The predicted molar refractivity (Wildman–Crippen MR) is 105 cm³/mol. The third kappa shape index (κ3) is 4.55. The molecule has 1 aliphatic heterocycles. The van der Waals surface area contributed by atoms with E-state index in [9.17, 15) is 14.9 Å². The van der Waals surface area contributed by atoms with E-state index in [-0.39, 0.29) is 11.9 Å². The Kier molecular flexibility index (Phi) is 5.57. The van der Waals surface area contributed by atoms with Crippen molar-refractivity contribution in [2.75, 3.05) is 41.7 Å². The molecule has 3 amide bonds. The number of nitriles is 1. The molecule has 0 bridgehead atoms. The van der Waals surface area contributed by atoms with Crippen LogP contribution in [0.5, 0.6) is 0 Å². The van der Waals surface area contributed by atoms with E-state index in [0.717, 1.165) is 5.69 Å². The van der Waals surface area contributed by atoms with Crippen molar-refractivity contribution in [2.24, 2.45) is 0 Å². The first kappa shape index (κ1) is 18.3. The van der Waals surface area contributed by atoms with E-state index in [1.807, 2.05) is 18.2 Å². The molecule has 2 aromatic rings. The maximum absolute atomic E-state index is 12.5. The summed E-state index contributed by atoms with van der Waals surface area (Å²) in [4.78, 5) is 27.4. The van der Waals surface area contributed by atoms with Crippen LogP contribution >= 0.6 is 0 Å². The van der Waals surface area contributed by atoms with Gasteiger partial charge in [0.2, 0.25) is 5.91 Å². The molecule has 0 spiro atoms. The van der Waals surface area contributed by atoms with Gasteiger partial charge in [0.1, 0.15) is 6.07 Å². The van der Waals surface area contributed by atoms with Crippen molar-refractivity contribution >= 4 is 29.0 Å². The van der Waals surface area contributed by atoms with Gasteiger partial charge in [-0.3, -0.25) is 4.79 Å². The molecule has 138 valence electrons. The van der Waals surface area contributed by atoms with Crippen molar-refractivity contribution in [1.29, 1.82) is 5.26 Å². The second kappa shape index (κ2) is 8.23. The Morgan fingerprint density at radius 3 is 2.11 bits per heavy atom. The number of nitrogens with one attached hydrogen (secondary N) is 2. The molecule has 1 saturated heterocycles. The number of hydrogen-bond donors (Lipinski definition) is 2. The quantitative estimate of drug-likeness (QED) is 0.878. The van der Waals surface area contributed by atoms with Crippen LogP contribution in [0.1, 0.15) is 12.5 Å². The zero-order valence-electron chi connectivity index (χ0n) is 15.1. The molecule has 0 radical (unpaired) electrons. The minimum absolute atomic E-state index is 0.136. The summed E-state index contributed by atoms with van der Waals surface area (Å²) in [6.45, 7) is 3.96. The molecule has 27 heavy (non-hydrogen) atoms. The summed E-state index contributed by atoms with van der Waals surface area (Å²) >= 11 is 0. The van der Waals surface area contributed by atoms with Crippen LogP contribution in [0.3, 0.4) is 0 Å². The fourth-order valence-corrected chi connectivity index (χ4v) is 3.04. The van der Waals surface area contributed by atoms with Gasteiger partial charge in [-0.2, -0.15) is 5.26 Å². The van der Waals surface area contributed by atoms with Gasteiger partial charge in [0.05, 0.1) is 11.3 Å². The molecule has 0 aromatic heterocycles. The molecular formula is C20H21N5O2. The Morgan fingerprint density at radius 2 is 1.52 bits per heavy atom. The normalized spacial score (nSPS) is 13.6. The van der Waals surface area contributed by atoms with Crippen LogP contribution < -0.4 is 15.5 Å². The Bertz CT molecular complexity index is 865. The van der Waals surface area contributed by atoms with Gasteiger partial charge in [-0.05, 0) is 36.4 Å². The maximum atomic E-state index is 12.5. The molecule has 3 rings (SSSR count).